The summed E-state index contributed by atoms with van der Waals surface area (Å²) in [5.74, 6) is -0.0902. The number of non-ortho nitro benzene ring substituents is 1. The van der Waals surface area contributed by atoms with Gasteiger partial charge in [0.15, 0.2) is 0 Å². The topological polar surface area (TPSA) is 75.7 Å². The van der Waals surface area contributed by atoms with Crippen molar-refractivity contribution in [3.8, 4) is 5.75 Å². The molecule has 0 heterocycles. The number of phenols is 1. The van der Waals surface area contributed by atoms with Crippen molar-refractivity contribution in [1.82, 2.24) is 0 Å². The number of hydrogen-bond acceptors (Lipinski definition) is 5. The van der Waals surface area contributed by atoms with Crippen LogP contribution in [-0.2, 0) is 0 Å². The molecule has 0 amide bonds. The molecule has 20 heavy (non-hydrogen) atoms. The van der Waals surface area contributed by atoms with Crippen molar-refractivity contribution in [2.45, 2.75) is 4.90 Å². The molecular weight excluding hydrogens is 276 g/mol. The summed E-state index contributed by atoms with van der Waals surface area (Å²) in [5.41, 5.74) is 0.925. The summed E-state index contributed by atoms with van der Waals surface area (Å²) < 4.78 is 0. The second-order valence-electron chi connectivity index (χ2n) is 3.96. The number of thioether (sulfide) groups is 1. The zero-order valence-corrected chi connectivity index (χ0v) is 11.5. The van der Waals surface area contributed by atoms with E-state index in [1.54, 1.807) is 18.0 Å². The number of nitrogens with zero attached hydrogens (tertiary/aromatic N) is 2. The molecule has 2 aromatic rings. The Balaban J connectivity index is 2.25. The zero-order chi connectivity index (χ0) is 14.5. The van der Waals surface area contributed by atoms with E-state index in [0.717, 1.165) is 10.5 Å². The fraction of sp³-hybridized carbons (Fsp3) is 0.0714. The maximum absolute atomic E-state index is 10.7. The Morgan fingerprint density at radius 1 is 1.25 bits per heavy atom. The number of hydrogen-bond donors (Lipinski definition) is 1. The molecular formula is C14H12N2O3S. The second kappa shape index (κ2) is 6.21. The molecule has 0 radical (unpaired) electrons. The Morgan fingerprint density at radius 3 is 2.55 bits per heavy atom. The summed E-state index contributed by atoms with van der Waals surface area (Å²) >= 11 is 1.64. The summed E-state index contributed by atoms with van der Waals surface area (Å²) in [7, 11) is 0. The maximum Gasteiger partial charge on any atom is 0.271 e. The number of nitro groups is 1. The fourth-order valence-corrected chi connectivity index (χ4v) is 1.97. The first-order chi connectivity index (χ1) is 9.60. The molecule has 0 bridgehead atoms. The van der Waals surface area contributed by atoms with Crippen LogP contribution >= 0.6 is 11.8 Å². The molecule has 5 nitrogen and oxygen atoms in total. The first-order valence-electron chi connectivity index (χ1n) is 5.75. The summed E-state index contributed by atoms with van der Waals surface area (Å²) in [4.78, 5) is 15.4. The van der Waals surface area contributed by atoms with Crippen LogP contribution in [0.2, 0.25) is 0 Å². The monoisotopic (exact) mass is 288 g/mol. The smallest absolute Gasteiger partial charge is 0.271 e. The van der Waals surface area contributed by atoms with Gasteiger partial charge in [0.05, 0.1) is 4.92 Å². The van der Waals surface area contributed by atoms with Crippen LogP contribution in [0.15, 0.2) is 52.4 Å². The average molecular weight is 288 g/mol. The Hall–Kier alpha value is -2.34. The quantitative estimate of drug-likeness (QED) is 0.402. The number of nitro benzene ring substituents is 1. The highest BCUT2D eigenvalue weighted by molar-refractivity contribution is 7.98. The van der Waals surface area contributed by atoms with Crippen LogP contribution in [0, 0.1) is 10.1 Å². The van der Waals surface area contributed by atoms with E-state index in [1.165, 1.54) is 18.2 Å². The number of benzene rings is 2. The third kappa shape index (κ3) is 3.36. The van der Waals surface area contributed by atoms with Gasteiger partial charge in [0.1, 0.15) is 11.4 Å². The molecule has 0 saturated carbocycles. The molecule has 2 aromatic carbocycles. The number of aromatic hydroxyl groups is 1. The largest absolute Gasteiger partial charge is 0.506 e. The Morgan fingerprint density at radius 2 is 1.95 bits per heavy atom. The number of rotatable bonds is 4. The molecule has 0 aromatic heterocycles. The summed E-state index contributed by atoms with van der Waals surface area (Å²) in [5, 5.41) is 20.3. The minimum Gasteiger partial charge on any atom is -0.506 e. The summed E-state index contributed by atoms with van der Waals surface area (Å²) in [6.07, 6.45) is 3.55. The molecule has 0 aliphatic carbocycles. The van der Waals surface area contributed by atoms with Gasteiger partial charge < -0.3 is 5.11 Å². The standard InChI is InChI=1S/C14H12N2O3S/c1-20-12-5-2-10(3-6-12)9-15-13-8-11(16(18)19)4-7-14(13)17/h2-9,17H,1H3. The van der Waals surface area contributed by atoms with Crippen molar-refractivity contribution in [3.05, 3.63) is 58.1 Å². The van der Waals surface area contributed by atoms with Crippen molar-refractivity contribution >= 4 is 29.4 Å². The third-order valence-electron chi connectivity index (χ3n) is 2.64. The van der Waals surface area contributed by atoms with Crippen LogP contribution in [0.3, 0.4) is 0 Å². The van der Waals surface area contributed by atoms with Gasteiger partial charge in [0, 0.05) is 23.2 Å². The summed E-state index contributed by atoms with van der Waals surface area (Å²) in [6, 6.07) is 11.4. The molecule has 0 aliphatic heterocycles. The van der Waals surface area contributed by atoms with Crippen LogP contribution in [0.4, 0.5) is 11.4 Å². The van der Waals surface area contributed by atoms with E-state index in [-0.39, 0.29) is 17.1 Å². The van der Waals surface area contributed by atoms with Crippen LogP contribution in [0.1, 0.15) is 5.56 Å². The zero-order valence-electron chi connectivity index (χ0n) is 10.7. The molecule has 0 unspecified atom stereocenters. The number of phenolic OH excluding ortho intramolecular Hbond substituents is 1. The van der Waals surface area contributed by atoms with Gasteiger partial charge in [-0.3, -0.25) is 15.1 Å². The van der Waals surface area contributed by atoms with Crippen LogP contribution in [0.25, 0.3) is 0 Å². The van der Waals surface area contributed by atoms with Gasteiger partial charge in [-0.2, -0.15) is 0 Å². The maximum atomic E-state index is 10.7. The lowest BCUT2D eigenvalue weighted by Gasteiger charge is -1.99. The van der Waals surface area contributed by atoms with E-state index in [0.29, 0.717) is 0 Å². The van der Waals surface area contributed by atoms with Gasteiger partial charge in [-0.15, -0.1) is 11.8 Å². The van der Waals surface area contributed by atoms with Crippen molar-refractivity contribution in [1.29, 1.82) is 0 Å². The first kappa shape index (κ1) is 14.1. The molecule has 0 aliphatic rings. The third-order valence-corrected chi connectivity index (χ3v) is 3.38. The lowest BCUT2D eigenvalue weighted by Crippen LogP contribution is -1.87. The second-order valence-corrected chi connectivity index (χ2v) is 4.84. The average Bonchev–Trinajstić information content (AvgIpc) is 2.46. The Labute approximate surface area is 120 Å². The van der Waals surface area contributed by atoms with Gasteiger partial charge in [-0.05, 0) is 30.0 Å². The molecule has 0 saturated heterocycles. The van der Waals surface area contributed by atoms with Crippen LogP contribution in [-0.4, -0.2) is 22.5 Å². The minimum atomic E-state index is -0.522. The summed E-state index contributed by atoms with van der Waals surface area (Å²) in [6.45, 7) is 0. The van der Waals surface area contributed by atoms with Crippen molar-refractivity contribution in [2.24, 2.45) is 4.99 Å². The number of aliphatic imine (C=N–C) groups is 1. The molecule has 6 heteroatoms. The highest BCUT2D eigenvalue weighted by atomic mass is 32.2. The van der Waals surface area contributed by atoms with E-state index in [4.69, 9.17) is 0 Å². The van der Waals surface area contributed by atoms with Gasteiger partial charge in [0.25, 0.3) is 5.69 Å². The van der Waals surface area contributed by atoms with Gasteiger partial charge in [-0.25, -0.2) is 0 Å². The molecule has 2 rings (SSSR count). The predicted octanol–water partition coefficient (Wildman–Crippen LogP) is 3.77. The van der Waals surface area contributed by atoms with Crippen LogP contribution < -0.4 is 0 Å². The van der Waals surface area contributed by atoms with E-state index in [2.05, 4.69) is 4.99 Å². The van der Waals surface area contributed by atoms with Crippen LogP contribution in [0.5, 0.6) is 5.75 Å². The van der Waals surface area contributed by atoms with E-state index in [9.17, 15) is 15.2 Å². The van der Waals surface area contributed by atoms with E-state index >= 15 is 0 Å². The molecule has 0 spiro atoms. The fourth-order valence-electron chi connectivity index (χ4n) is 1.56. The Kier molecular flexibility index (Phi) is 4.37. The van der Waals surface area contributed by atoms with E-state index in [1.807, 2.05) is 30.5 Å². The lowest BCUT2D eigenvalue weighted by atomic mass is 10.2. The SMILES string of the molecule is CSc1ccc(C=Nc2cc([N+](=O)[O-])ccc2O)cc1. The van der Waals surface area contributed by atoms with E-state index < -0.39 is 4.92 Å². The Bertz CT molecular complexity index is 654. The van der Waals surface area contributed by atoms with Gasteiger partial charge in [0.2, 0.25) is 0 Å². The molecule has 102 valence electrons. The highest BCUT2D eigenvalue weighted by Gasteiger charge is 2.08. The van der Waals surface area contributed by atoms with Crippen molar-refractivity contribution < 1.29 is 10.0 Å². The lowest BCUT2D eigenvalue weighted by molar-refractivity contribution is -0.384. The van der Waals surface area contributed by atoms with Crippen molar-refractivity contribution in [2.75, 3.05) is 6.26 Å². The first-order valence-corrected chi connectivity index (χ1v) is 6.98. The van der Waals surface area contributed by atoms with Crippen molar-refractivity contribution in [3.63, 3.8) is 0 Å². The molecule has 1 N–H and O–H groups in total. The molecule has 0 atom stereocenters. The van der Waals surface area contributed by atoms with Gasteiger partial charge >= 0.3 is 0 Å². The highest BCUT2D eigenvalue weighted by Crippen LogP contribution is 2.30. The normalized spacial score (nSPS) is 10.8. The predicted molar refractivity (Wildman–Crippen MR) is 80.2 cm³/mol. The van der Waals surface area contributed by atoms with Gasteiger partial charge in [-0.1, -0.05) is 12.1 Å². The molecule has 0 fully saturated rings. The minimum absolute atomic E-state index is 0.0902.